The Hall–Kier alpha value is -1.84. The second-order valence-corrected chi connectivity index (χ2v) is 4.47. The average molecular weight is 245 g/mol. The molecular weight excluding hydrogens is 226 g/mol. The van der Waals surface area contributed by atoms with Crippen molar-refractivity contribution in [3.05, 3.63) is 52.7 Å². The lowest BCUT2D eigenvalue weighted by Crippen LogP contribution is -2.18. The summed E-state index contributed by atoms with van der Waals surface area (Å²) in [5.41, 5.74) is 1.29. The van der Waals surface area contributed by atoms with Crippen LogP contribution in [0.4, 0.5) is 0 Å². The number of benzene rings is 1. The normalized spacial score (nSPS) is 10.7. The predicted molar refractivity (Wildman–Crippen MR) is 71.5 cm³/mol. The van der Waals surface area contributed by atoms with Crippen LogP contribution >= 0.6 is 0 Å². The number of nitrogens with zero attached hydrogens (tertiary/aromatic N) is 2. The van der Waals surface area contributed by atoms with Gasteiger partial charge >= 0.3 is 5.69 Å². The fourth-order valence-corrected chi connectivity index (χ4v) is 2.03. The van der Waals surface area contributed by atoms with Gasteiger partial charge in [0, 0.05) is 6.54 Å². The Morgan fingerprint density at radius 1 is 1.06 bits per heavy atom. The third kappa shape index (κ3) is 3.87. The van der Waals surface area contributed by atoms with E-state index in [1.807, 2.05) is 6.07 Å². The fraction of sp³-hybridized carbons (Fsp3) is 0.429. The first-order valence-corrected chi connectivity index (χ1v) is 6.51. The van der Waals surface area contributed by atoms with Crippen molar-refractivity contribution in [3.63, 3.8) is 0 Å². The Labute approximate surface area is 107 Å². The molecule has 0 spiro atoms. The highest BCUT2D eigenvalue weighted by molar-refractivity contribution is 5.14. The maximum atomic E-state index is 11.2. The predicted octanol–water partition coefficient (Wildman–Crippen LogP) is 2.37. The van der Waals surface area contributed by atoms with Crippen LogP contribution < -0.4 is 5.69 Å². The molecule has 0 aliphatic heterocycles. The van der Waals surface area contributed by atoms with E-state index in [9.17, 15) is 4.79 Å². The van der Waals surface area contributed by atoms with Crippen molar-refractivity contribution >= 4 is 0 Å². The molecule has 1 aromatic carbocycles. The van der Waals surface area contributed by atoms with E-state index in [1.165, 1.54) is 29.4 Å². The van der Waals surface area contributed by atoms with Crippen molar-refractivity contribution in [1.82, 2.24) is 14.8 Å². The standard InChI is InChI=1S/C14H19N3O/c18-14-15-12-16-17(14)11-7-2-1-4-8-13-9-5-3-6-10-13/h3,5-6,9-10,12H,1-2,4,7-8,11H2,(H,15,16,18). The van der Waals surface area contributed by atoms with Gasteiger partial charge in [0.15, 0.2) is 0 Å². The molecule has 0 amide bonds. The zero-order valence-corrected chi connectivity index (χ0v) is 10.5. The van der Waals surface area contributed by atoms with E-state index in [1.54, 1.807) is 0 Å². The molecule has 0 fully saturated rings. The number of rotatable bonds is 7. The summed E-state index contributed by atoms with van der Waals surface area (Å²) in [5.74, 6) is 0. The molecule has 0 unspecified atom stereocenters. The van der Waals surface area contributed by atoms with Crippen molar-refractivity contribution in [2.75, 3.05) is 0 Å². The molecule has 0 bridgehead atoms. The second kappa shape index (κ2) is 6.79. The number of aryl methyl sites for hydroxylation is 2. The Morgan fingerprint density at radius 3 is 2.56 bits per heavy atom. The van der Waals surface area contributed by atoms with Crippen LogP contribution in [0.1, 0.15) is 31.2 Å². The van der Waals surface area contributed by atoms with Gasteiger partial charge in [0.25, 0.3) is 0 Å². The van der Waals surface area contributed by atoms with Gasteiger partial charge in [0.05, 0.1) is 0 Å². The van der Waals surface area contributed by atoms with Crippen molar-refractivity contribution in [2.24, 2.45) is 0 Å². The summed E-state index contributed by atoms with van der Waals surface area (Å²) in [6, 6.07) is 10.6. The van der Waals surface area contributed by atoms with Crippen LogP contribution in [-0.4, -0.2) is 14.8 Å². The molecule has 2 aromatic rings. The lowest BCUT2D eigenvalue weighted by Gasteiger charge is -2.02. The molecule has 0 aliphatic rings. The van der Waals surface area contributed by atoms with E-state index in [-0.39, 0.29) is 5.69 Å². The highest BCUT2D eigenvalue weighted by Gasteiger charge is 1.97. The van der Waals surface area contributed by atoms with Gasteiger partial charge in [0.1, 0.15) is 6.33 Å². The van der Waals surface area contributed by atoms with Crippen LogP contribution in [0.15, 0.2) is 41.5 Å². The van der Waals surface area contributed by atoms with E-state index in [0.717, 1.165) is 19.3 Å². The van der Waals surface area contributed by atoms with Gasteiger partial charge in [-0.15, -0.1) is 0 Å². The van der Waals surface area contributed by atoms with Crippen LogP contribution in [0.25, 0.3) is 0 Å². The van der Waals surface area contributed by atoms with E-state index in [0.29, 0.717) is 6.54 Å². The number of hydrogen-bond acceptors (Lipinski definition) is 2. The Bertz CT molecular complexity index is 501. The zero-order chi connectivity index (χ0) is 12.6. The van der Waals surface area contributed by atoms with E-state index < -0.39 is 0 Å². The van der Waals surface area contributed by atoms with Crippen molar-refractivity contribution in [1.29, 1.82) is 0 Å². The van der Waals surface area contributed by atoms with Crippen LogP contribution in [-0.2, 0) is 13.0 Å². The molecule has 0 radical (unpaired) electrons. The summed E-state index contributed by atoms with van der Waals surface area (Å²) >= 11 is 0. The third-order valence-corrected chi connectivity index (χ3v) is 3.05. The number of H-pyrrole nitrogens is 1. The largest absolute Gasteiger partial charge is 0.343 e. The van der Waals surface area contributed by atoms with Gasteiger partial charge in [-0.05, 0) is 24.8 Å². The number of aromatic nitrogens is 3. The van der Waals surface area contributed by atoms with E-state index >= 15 is 0 Å². The molecule has 0 aliphatic carbocycles. The van der Waals surface area contributed by atoms with Gasteiger partial charge in [-0.25, -0.2) is 9.48 Å². The summed E-state index contributed by atoms with van der Waals surface area (Å²) in [6.07, 6.45) is 7.15. The summed E-state index contributed by atoms with van der Waals surface area (Å²) in [4.78, 5) is 13.7. The molecule has 96 valence electrons. The minimum Gasteiger partial charge on any atom is -0.295 e. The maximum Gasteiger partial charge on any atom is 0.343 e. The summed E-state index contributed by atoms with van der Waals surface area (Å²) in [7, 11) is 0. The molecule has 0 saturated carbocycles. The molecule has 4 heteroatoms. The minimum atomic E-state index is -0.112. The molecule has 1 heterocycles. The van der Waals surface area contributed by atoms with Gasteiger partial charge < -0.3 is 0 Å². The topological polar surface area (TPSA) is 50.7 Å². The SMILES string of the molecule is O=c1[nH]cnn1CCCCCCc1ccccc1. The molecule has 1 N–H and O–H groups in total. The smallest absolute Gasteiger partial charge is 0.295 e. The molecule has 0 saturated heterocycles. The quantitative estimate of drug-likeness (QED) is 0.761. The Balaban J connectivity index is 1.57. The molecular formula is C14H19N3O. The maximum absolute atomic E-state index is 11.2. The number of unbranched alkanes of at least 4 members (excludes halogenated alkanes) is 3. The number of aromatic amines is 1. The lowest BCUT2D eigenvalue weighted by molar-refractivity contribution is 0.523. The Kier molecular flexibility index (Phi) is 4.76. The summed E-state index contributed by atoms with van der Waals surface area (Å²) in [5, 5.41) is 3.93. The zero-order valence-electron chi connectivity index (χ0n) is 10.5. The van der Waals surface area contributed by atoms with Crippen molar-refractivity contribution in [3.8, 4) is 0 Å². The average Bonchev–Trinajstić information content (AvgIpc) is 2.81. The van der Waals surface area contributed by atoms with Gasteiger partial charge in [-0.2, -0.15) is 5.10 Å². The fourth-order valence-electron chi connectivity index (χ4n) is 2.03. The third-order valence-electron chi connectivity index (χ3n) is 3.05. The molecule has 18 heavy (non-hydrogen) atoms. The molecule has 4 nitrogen and oxygen atoms in total. The van der Waals surface area contributed by atoms with Crippen LogP contribution in [0.2, 0.25) is 0 Å². The van der Waals surface area contributed by atoms with Crippen molar-refractivity contribution < 1.29 is 0 Å². The first-order valence-electron chi connectivity index (χ1n) is 6.51. The first kappa shape index (κ1) is 12.6. The first-order chi connectivity index (χ1) is 8.86. The second-order valence-electron chi connectivity index (χ2n) is 4.47. The van der Waals surface area contributed by atoms with E-state index in [4.69, 9.17) is 0 Å². The van der Waals surface area contributed by atoms with Crippen LogP contribution in [0.3, 0.4) is 0 Å². The minimum absolute atomic E-state index is 0.112. The van der Waals surface area contributed by atoms with Gasteiger partial charge in [-0.1, -0.05) is 43.2 Å². The lowest BCUT2D eigenvalue weighted by atomic mass is 10.1. The van der Waals surface area contributed by atoms with Crippen molar-refractivity contribution in [2.45, 2.75) is 38.6 Å². The monoisotopic (exact) mass is 245 g/mol. The number of nitrogens with one attached hydrogen (secondary N) is 1. The number of hydrogen-bond donors (Lipinski definition) is 1. The van der Waals surface area contributed by atoms with Crippen LogP contribution in [0.5, 0.6) is 0 Å². The summed E-state index contributed by atoms with van der Waals surface area (Å²) < 4.78 is 1.48. The van der Waals surface area contributed by atoms with Gasteiger partial charge in [-0.3, -0.25) is 4.98 Å². The molecule has 1 aromatic heterocycles. The molecule has 2 rings (SSSR count). The summed E-state index contributed by atoms with van der Waals surface area (Å²) in [6.45, 7) is 0.716. The van der Waals surface area contributed by atoms with Crippen LogP contribution in [0, 0.1) is 0 Å². The van der Waals surface area contributed by atoms with E-state index in [2.05, 4.69) is 34.3 Å². The van der Waals surface area contributed by atoms with Gasteiger partial charge in [0.2, 0.25) is 0 Å². The molecule has 0 atom stereocenters. The highest BCUT2D eigenvalue weighted by atomic mass is 16.1. The Morgan fingerprint density at radius 2 is 1.83 bits per heavy atom. The highest BCUT2D eigenvalue weighted by Crippen LogP contribution is 2.07.